The molecule has 4 rings (SSSR count). The van der Waals surface area contributed by atoms with Crippen LogP contribution in [0.15, 0.2) is 78.2 Å². The van der Waals surface area contributed by atoms with E-state index < -0.39 is 36.6 Å². The Morgan fingerprint density at radius 1 is 1.17 bits per heavy atom. The molecule has 0 spiro atoms. The van der Waals surface area contributed by atoms with Crippen LogP contribution < -0.4 is 11.1 Å². The van der Waals surface area contributed by atoms with Crippen molar-refractivity contribution in [1.82, 2.24) is 20.1 Å². The number of nitrogens with zero attached hydrogens (tertiary/aromatic N) is 3. The molecule has 2 heterocycles. The quantitative estimate of drug-likeness (QED) is 0.152. The number of nitrogens with one attached hydrogen (secondary N) is 2. The molecule has 0 unspecified atom stereocenters. The molecule has 0 bridgehead atoms. The molecule has 3 atom stereocenters. The van der Waals surface area contributed by atoms with Gasteiger partial charge in [0.25, 0.3) is 5.91 Å². The predicted octanol–water partition coefficient (Wildman–Crippen LogP) is 1.36. The van der Waals surface area contributed by atoms with Crippen molar-refractivity contribution in [3.05, 3.63) is 84.3 Å². The van der Waals surface area contributed by atoms with Crippen LogP contribution in [0.5, 0.6) is 0 Å². The molecule has 12 heteroatoms. The lowest BCUT2D eigenvalue weighted by Crippen LogP contribution is -2.72. The summed E-state index contributed by atoms with van der Waals surface area (Å²) >= 11 is 0. The molecule has 2 aromatic carbocycles. The van der Waals surface area contributed by atoms with Gasteiger partial charge in [0.1, 0.15) is 6.04 Å². The van der Waals surface area contributed by atoms with Gasteiger partial charge in [0.15, 0.2) is 5.56 Å². The number of amides is 3. The molecule has 3 aromatic rings. The zero-order valence-corrected chi connectivity index (χ0v) is 23.8. The number of H-pyrrole nitrogens is 1. The Balaban J connectivity index is 1.66. The summed E-state index contributed by atoms with van der Waals surface area (Å²) in [4.78, 5) is 49.9. The van der Waals surface area contributed by atoms with Gasteiger partial charge in [-0.3, -0.25) is 24.3 Å². The van der Waals surface area contributed by atoms with E-state index in [-0.39, 0.29) is 31.7 Å². The third-order valence-electron chi connectivity index (χ3n) is 7.44. The molecule has 1 aliphatic rings. The van der Waals surface area contributed by atoms with E-state index in [2.05, 4.69) is 15.3 Å². The summed E-state index contributed by atoms with van der Waals surface area (Å²) in [5.41, 5.74) is 6.98. The second-order valence-electron chi connectivity index (χ2n) is 10.9. The smallest absolute Gasteiger partial charge is 0.424 e. The van der Waals surface area contributed by atoms with E-state index in [0.717, 1.165) is 26.9 Å². The summed E-state index contributed by atoms with van der Waals surface area (Å²) in [7, 11) is -2.12. The van der Waals surface area contributed by atoms with Gasteiger partial charge < -0.3 is 31.0 Å². The summed E-state index contributed by atoms with van der Waals surface area (Å²) in [6.07, 6.45) is 6.89. The van der Waals surface area contributed by atoms with Gasteiger partial charge in [-0.15, -0.1) is 0 Å². The Hall–Kier alpha value is -4.26. The molecule has 0 saturated carbocycles. The summed E-state index contributed by atoms with van der Waals surface area (Å²) in [6, 6.07) is 14.5. The summed E-state index contributed by atoms with van der Waals surface area (Å²) in [5, 5.41) is 25.2. The maximum absolute atomic E-state index is 14.2. The lowest BCUT2D eigenvalue weighted by Gasteiger charge is -2.49. The Labute approximate surface area is 245 Å². The number of nitrogens with two attached hydrogens (primary N) is 1. The molecule has 0 fully saturated rings. The number of aromatic nitrogens is 1. The minimum atomic E-state index is -2.12. The molecule has 0 radical (unpaired) electrons. The molecule has 0 saturated heterocycles. The number of fused-ring (bicyclic) bond motifs is 1. The zero-order chi connectivity index (χ0) is 30.3. The second kappa shape index (κ2) is 13.6. The summed E-state index contributed by atoms with van der Waals surface area (Å²) in [6.45, 7) is 3.82. The highest BCUT2D eigenvalue weighted by molar-refractivity contribution is 6.46. The van der Waals surface area contributed by atoms with Crippen LogP contribution in [0.25, 0.3) is 10.9 Å². The van der Waals surface area contributed by atoms with Crippen molar-refractivity contribution in [3.8, 4) is 0 Å². The predicted molar refractivity (Wildman–Crippen MR) is 162 cm³/mol. The van der Waals surface area contributed by atoms with Crippen LogP contribution in [0.1, 0.15) is 31.4 Å². The van der Waals surface area contributed by atoms with Crippen LogP contribution in [0.2, 0.25) is 0 Å². The molecular formula is C30H37BN6O5. The highest BCUT2D eigenvalue weighted by Crippen LogP contribution is 2.31. The van der Waals surface area contributed by atoms with Crippen LogP contribution in [0.3, 0.4) is 0 Å². The molecule has 11 nitrogen and oxygen atoms in total. The Morgan fingerprint density at radius 3 is 2.52 bits per heavy atom. The molecule has 42 heavy (non-hydrogen) atoms. The van der Waals surface area contributed by atoms with Crippen molar-refractivity contribution in [2.75, 3.05) is 6.54 Å². The van der Waals surface area contributed by atoms with Gasteiger partial charge in [-0.2, -0.15) is 0 Å². The third kappa shape index (κ3) is 6.62. The lowest BCUT2D eigenvalue weighted by molar-refractivity contribution is -0.152. The van der Waals surface area contributed by atoms with E-state index in [1.54, 1.807) is 30.5 Å². The highest BCUT2D eigenvalue weighted by Gasteiger charge is 2.54. The normalized spacial score (nSPS) is 15.7. The van der Waals surface area contributed by atoms with Crippen molar-refractivity contribution >= 4 is 42.5 Å². The number of imide groups is 1. The summed E-state index contributed by atoms with van der Waals surface area (Å²) < 4.78 is 0. The van der Waals surface area contributed by atoms with Gasteiger partial charge in [-0.1, -0.05) is 62.4 Å². The number of hydrogen-bond acceptors (Lipinski definition) is 8. The fourth-order valence-corrected chi connectivity index (χ4v) is 5.46. The Kier molecular flexibility index (Phi) is 9.94. The average molecular weight is 572 g/mol. The number of carbonyl (C=O) groups excluding carboxylic acids is 3. The minimum Gasteiger partial charge on any atom is -0.424 e. The molecule has 0 aliphatic carbocycles. The van der Waals surface area contributed by atoms with Crippen molar-refractivity contribution < 1.29 is 24.4 Å². The Bertz CT molecular complexity index is 1440. The SMILES string of the molecule is CC(C)C[C@@](B(O)O)(N1C=CN=CC1)N(C=O)C(=O)[C@H](Cc1ccccc1)NC(=O)[C@@H](N)Cc1c[nH]c2ccccc12. The van der Waals surface area contributed by atoms with Crippen molar-refractivity contribution in [2.24, 2.45) is 16.6 Å². The van der Waals surface area contributed by atoms with Gasteiger partial charge in [0, 0.05) is 42.1 Å². The first-order chi connectivity index (χ1) is 20.2. The van der Waals surface area contributed by atoms with E-state index in [4.69, 9.17) is 5.73 Å². The maximum Gasteiger partial charge on any atom is 0.501 e. The van der Waals surface area contributed by atoms with Gasteiger partial charge >= 0.3 is 7.12 Å². The van der Waals surface area contributed by atoms with Crippen LogP contribution in [0.4, 0.5) is 0 Å². The number of hydrogen-bond donors (Lipinski definition) is 5. The first-order valence-corrected chi connectivity index (χ1v) is 13.9. The molecule has 1 aromatic heterocycles. The zero-order valence-electron chi connectivity index (χ0n) is 23.8. The minimum absolute atomic E-state index is 0.0411. The molecule has 220 valence electrons. The van der Waals surface area contributed by atoms with Gasteiger partial charge in [0.05, 0.1) is 12.6 Å². The number of rotatable bonds is 13. The van der Waals surface area contributed by atoms with E-state index >= 15 is 0 Å². The maximum atomic E-state index is 14.2. The van der Waals surface area contributed by atoms with Crippen LogP contribution in [0, 0.1) is 5.92 Å². The van der Waals surface area contributed by atoms with Crippen molar-refractivity contribution in [3.63, 3.8) is 0 Å². The van der Waals surface area contributed by atoms with E-state index in [1.807, 2.05) is 44.2 Å². The van der Waals surface area contributed by atoms with E-state index in [0.29, 0.717) is 6.41 Å². The standard InChI is InChI=1S/C30H37BN6O5/c1-21(2)18-30(31(41)42,36-14-12-33-13-15-36)37(20-38)29(40)27(16-22-8-4-3-5-9-22)35-28(39)25(32)17-23-19-34-26-11-7-6-10-24(23)26/h3-14,19-21,25,27,34,41-42H,15-18,32H2,1-2H3,(H,35,39)/t25-,27-,30+/m0/s1. The van der Waals surface area contributed by atoms with E-state index in [1.165, 1.54) is 23.5 Å². The number of benzene rings is 2. The largest absolute Gasteiger partial charge is 0.501 e. The molecule has 3 amide bonds. The van der Waals surface area contributed by atoms with E-state index in [9.17, 15) is 24.4 Å². The first-order valence-electron chi connectivity index (χ1n) is 13.9. The van der Waals surface area contributed by atoms with Gasteiger partial charge in [-0.05, 0) is 36.0 Å². The molecular weight excluding hydrogens is 535 g/mol. The van der Waals surface area contributed by atoms with Crippen LogP contribution >= 0.6 is 0 Å². The fraction of sp³-hybridized carbons (Fsp3) is 0.333. The monoisotopic (exact) mass is 572 g/mol. The fourth-order valence-electron chi connectivity index (χ4n) is 5.46. The highest BCUT2D eigenvalue weighted by atomic mass is 16.4. The van der Waals surface area contributed by atoms with Crippen molar-refractivity contribution in [2.45, 2.75) is 50.8 Å². The second-order valence-corrected chi connectivity index (χ2v) is 10.9. The third-order valence-corrected chi connectivity index (χ3v) is 7.44. The van der Waals surface area contributed by atoms with Crippen LogP contribution in [-0.4, -0.2) is 80.6 Å². The first kappa shape index (κ1) is 30.7. The Morgan fingerprint density at radius 2 is 1.88 bits per heavy atom. The van der Waals surface area contributed by atoms with Crippen molar-refractivity contribution in [1.29, 1.82) is 0 Å². The molecule has 6 N–H and O–H groups in total. The number of aromatic amines is 1. The number of carbonyl (C=O) groups is 3. The number of aliphatic imine (C=N–C) groups is 1. The van der Waals surface area contributed by atoms with Crippen LogP contribution in [-0.2, 0) is 27.2 Å². The average Bonchev–Trinajstić information content (AvgIpc) is 3.39. The summed E-state index contributed by atoms with van der Waals surface area (Å²) in [5.74, 6) is -1.53. The number of para-hydroxylation sites is 1. The van der Waals surface area contributed by atoms with Gasteiger partial charge in [0.2, 0.25) is 12.3 Å². The molecule has 1 aliphatic heterocycles. The lowest BCUT2D eigenvalue weighted by atomic mass is 9.65. The topological polar surface area (TPSA) is 164 Å². The van der Waals surface area contributed by atoms with Gasteiger partial charge in [-0.25, -0.2) is 0 Å².